The van der Waals surface area contributed by atoms with Crippen LogP contribution in [0.25, 0.3) is 0 Å². The Labute approximate surface area is 123 Å². The second kappa shape index (κ2) is 6.09. The maximum Gasteiger partial charge on any atom is 0.241 e. The van der Waals surface area contributed by atoms with Crippen LogP contribution < -0.4 is 5.32 Å². The molecule has 0 radical (unpaired) electrons. The smallest absolute Gasteiger partial charge is 0.241 e. The number of amides is 1. The van der Waals surface area contributed by atoms with Crippen molar-refractivity contribution in [2.24, 2.45) is 0 Å². The molecule has 0 saturated carbocycles. The maximum absolute atomic E-state index is 14.0. The molecule has 1 aromatic carbocycles. The van der Waals surface area contributed by atoms with Crippen LogP contribution in [0, 0.1) is 5.82 Å². The highest BCUT2D eigenvalue weighted by molar-refractivity contribution is 5.84. The highest BCUT2D eigenvalue weighted by atomic mass is 19.1. The molecule has 6 heteroatoms. The summed E-state index contributed by atoms with van der Waals surface area (Å²) in [7, 11) is 0. The summed E-state index contributed by atoms with van der Waals surface area (Å²) in [5, 5.41) is 3.14. The molecule has 1 N–H and O–H groups in total. The molecule has 21 heavy (non-hydrogen) atoms. The standard InChI is InChI=1S/C15H19FN2O3/c1-10-15(19)18(8-11-9-20-6-7-21-11)14(17-10)12-4-2-3-5-13(12)16/h2-5,10-11,14,17H,6-9H2,1H3. The number of carbonyl (C=O) groups excluding carboxylic acids is 1. The van der Waals surface area contributed by atoms with E-state index in [1.807, 2.05) is 0 Å². The first-order chi connectivity index (χ1) is 10.2. The Morgan fingerprint density at radius 2 is 2.19 bits per heavy atom. The van der Waals surface area contributed by atoms with Crippen molar-refractivity contribution >= 4 is 5.91 Å². The summed E-state index contributed by atoms with van der Waals surface area (Å²) in [4.78, 5) is 14.0. The number of halogens is 1. The topological polar surface area (TPSA) is 50.8 Å². The molecule has 2 saturated heterocycles. The van der Waals surface area contributed by atoms with E-state index in [-0.39, 0.29) is 23.9 Å². The van der Waals surface area contributed by atoms with Crippen molar-refractivity contribution in [2.45, 2.75) is 25.2 Å². The molecular formula is C15H19FN2O3. The lowest BCUT2D eigenvalue weighted by atomic mass is 10.1. The fraction of sp³-hybridized carbons (Fsp3) is 0.533. The van der Waals surface area contributed by atoms with Crippen molar-refractivity contribution in [1.29, 1.82) is 0 Å². The summed E-state index contributed by atoms with van der Waals surface area (Å²) in [6, 6.07) is 6.18. The first-order valence-electron chi connectivity index (χ1n) is 7.17. The van der Waals surface area contributed by atoms with Crippen LogP contribution in [0.4, 0.5) is 4.39 Å². The van der Waals surface area contributed by atoms with Gasteiger partial charge in [0, 0.05) is 5.56 Å². The van der Waals surface area contributed by atoms with Crippen molar-refractivity contribution in [1.82, 2.24) is 10.2 Å². The molecule has 2 heterocycles. The van der Waals surface area contributed by atoms with Gasteiger partial charge in [0.2, 0.25) is 5.91 Å². The normalized spacial score (nSPS) is 29.9. The SMILES string of the molecule is CC1NC(c2ccccc2F)N(CC2COCCO2)C1=O. The molecule has 3 atom stereocenters. The van der Waals surface area contributed by atoms with Gasteiger partial charge in [-0.2, -0.15) is 0 Å². The summed E-state index contributed by atoms with van der Waals surface area (Å²) < 4.78 is 25.0. The van der Waals surface area contributed by atoms with E-state index in [0.717, 1.165) is 0 Å². The van der Waals surface area contributed by atoms with Gasteiger partial charge in [0.05, 0.1) is 38.5 Å². The van der Waals surface area contributed by atoms with Gasteiger partial charge in [-0.15, -0.1) is 0 Å². The Morgan fingerprint density at radius 3 is 2.90 bits per heavy atom. The molecule has 114 valence electrons. The van der Waals surface area contributed by atoms with E-state index in [4.69, 9.17) is 9.47 Å². The third-order valence-corrected chi connectivity index (χ3v) is 3.86. The number of ether oxygens (including phenoxy) is 2. The second-order valence-electron chi connectivity index (χ2n) is 5.37. The zero-order valence-electron chi connectivity index (χ0n) is 11.9. The minimum absolute atomic E-state index is 0.0440. The minimum Gasteiger partial charge on any atom is -0.376 e. The number of hydrogen-bond acceptors (Lipinski definition) is 4. The maximum atomic E-state index is 14.0. The van der Waals surface area contributed by atoms with E-state index < -0.39 is 6.17 Å². The monoisotopic (exact) mass is 294 g/mol. The molecule has 0 spiro atoms. The predicted octanol–water partition coefficient (Wildman–Crippen LogP) is 1.06. The quantitative estimate of drug-likeness (QED) is 0.906. The molecule has 1 amide bonds. The van der Waals surface area contributed by atoms with Crippen LogP contribution >= 0.6 is 0 Å². The lowest BCUT2D eigenvalue weighted by Gasteiger charge is -2.31. The molecule has 0 aliphatic carbocycles. The average molecular weight is 294 g/mol. The van der Waals surface area contributed by atoms with Gasteiger partial charge < -0.3 is 14.4 Å². The van der Waals surface area contributed by atoms with Gasteiger partial charge in [0.15, 0.2) is 0 Å². The number of rotatable bonds is 3. The van der Waals surface area contributed by atoms with Gasteiger partial charge >= 0.3 is 0 Å². The number of nitrogens with one attached hydrogen (secondary N) is 1. The van der Waals surface area contributed by atoms with E-state index in [9.17, 15) is 9.18 Å². The number of nitrogens with zero attached hydrogens (tertiary/aromatic N) is 1. The fourth-order valence-corrected chi connectivity index (χ4v) is 2.79. The largest absolute Gasteiger partial charge is 0.376 e. The summed E-state index contributed by atoms with van der Waals surface area (Å²) in [6.45, 7) is 3.75. The van der Waals surface area contributed by atoms with Gasteiger partial charge in [-0.1, -0.05) is 18.2 Å². The lowest BCUT2D eigenvalue weighted by molar-refractivity contribution is -0.137. The van der Waals surface area contributed by atoms with E-state index in [2.05, 4.69) is 5.32 Å². The molecule has 1 aromatic rings. The third kappa shape index (κ3) is 2.92. The summed E-state index contributed by atoms with van der Waals surface area (Å²) in [5.41, 5.74) is 0.479. The van der Waals surface area contributed by atoms with Crippen molar-refractivity contribution in [3.05, 3.63) is 35.6 Å². The molecule has 0 aromatic heterocycles. The Morgan fingerprint density at radius 1 is 1.38 bits per heavy atom. The number of carbonyl (C=O) groups is 1. The van der Waals surface area contributed by atoms with Gasteiger partial charge in [-0.3, -0.25) is 10.1 Å². The third-order valence-electron chi connectivity index (χ3n) is 3.86. The van der Waals surface area contributed by atoms with E-state index in [1.165, 1.54) is 6.07 Å². The van der Waals surface area contributed by atoms with Crippen molar-refractivity contribution in [3.8, 4) is 0 Å². The summed E-state index contributed by atoms with van der Waals surface area (Å²) in [5.74, 6) is -0.361. The van der Waals surface area contributed by atoms with Crippen LogP contribution in [0.15, 0.2) is 24.3 Å². The molecule has 3 rings (SSSR count). The Hall–Kier alpha value is -1.50. The van der Waals surface area contributed by atoms with Gasteiger partial charge in [0.25, 0.3) is 0 Å². The van der Waals surface area contributed by atoms with Crippen molar-refractivity contribution in [3.63, 3.8) is 0 Å². The van der Waals surface area contributed by atoms with E-state index >= 15 is 0 Å². The zero-order valence-corrected chi connectivity index (χ0v) is 11.9. The summed E-state index contributed by atoms with van der Waals surface area (Å²) >= 11 is 0. The first kappa shape index (κ1) is 14.4. The van der Waals surface area contributed by atoms with E-state index in [0.29, 0.717) is 31.9 Å². The molecule has 3 unspecified atom stereocenters. The fourth-order valence-electron chi connectivity index (χ4n) is 2.79. The van der Waals surface area contributed by atoms with Crippen LogP contribution in [0.3, 0.4) is 0 Å². The second-order valence-corrected chi connectivity index (χ2v) is 5.37. The summed E-state index contributed by atoms with van der Waals surface area (Å²) in [6.07, 6.45) is -0.622. The van der Waals surface area contributed by atoms with Crippen molar-refractivity contribution < 1.29 is 18.7 Å². The van der Waals surface area contributed by atoms with Crippen LogP contribution in [0.5, 0.6) is 0 Å². The molecule has 2 fully saturated rings. The van der Waals surface area contributed by atoms with Gasteiger partial charge in [0.1, 0.15) is 12.0 Å². The van der Waals surface area contributed by atoms with Crippen LogP contribution in [-0.2, 0) is 14.3 Å². The van der Waals surface area contributed by atoms with E-state index in [1.54, 1.807) is 30.0 Å². The minimum atomic E-state index is -0.459. The van der Waals surface area contributed by atoms with Crippen LogP contribution in [-0.4, -0.2) is 49.3 Å². The van der Waals surface area contributed by atoms with Gasteiger partial charge in [-0.25, -0.2) is 4.39 Å². The average Bonchev–Trinajstić information content (AvgIpc) is 2.77. The number of benzene rings is 1. The Balaban J connectivity index is 1.81. The lowest BCUT2D eigenvalue weighted by Crippen LogP contribution is -2.42. The Bertz CT molecular complexity index is 519. The van der Waals surface area contributed by atoms with Crippen molar-refractivity contribution in [2.75, 3.05) is 26.4 Å². The molecular weight excluding hydrogens is 275 g/mol. The molecule has 5 nitrogen and oxygen atoms in total. The van der Waals surface area contributed by atoms with Crippen LogP contribution in [0.1, 0.15) is 18.7 Å². The highest BCUT2D eigenvalue weighted by Gasteiger charge is 2.39. The molecule has 2 aliphatic rings. The Kier molecular flexibility index (Phi) is 4.19. The number of hydrogen-bond donors (Lipinski definition) is 1. The molecule has 2 aliphatic heterocycles. The molecule has 0 bridgehead atoms. The van der Waals surface area contributed by atoms with Crippen LogP contribution in [0.2, 0.25) is 0 Å². The predicted molar refractivity (Wildman–Crippen MR) is 74.0 cm³/mol. The zero-order chi connectivity index (χ0) is 14.8. The van der Waals surface area contributed by atoms with Gasteiger partial charge in [-0.05, 0) is 13.0 Å². The highest BCUT2D eigenvalue weighted by Crippen LogP contribution is 2.27. The first-order valence-corrected chi connectivity index (χ1v) is 7.17.